The van der Waals surface area contributed by atoms with Crippen LogP contribution in [0.5, 0.6) is 5.88 Å². The Morgan fingerprint density at radius 3 is 2.60 bits per heavy atom. The molecule has 0 N–H and O–H groups in total. The van der Waals surface area contributed by atoms with Crippen LogP contribution in [0.1, 0.15) is 36.4 Å². The quantitative estimate of drug-likeness (QED) is 0.825. The van der Waals surface area contributed by atoms with E-state index in [-0.39, 0.29) is 12.2 Å². The van der Waals surface area contributed by atoms with Gasteiger partial charge in [-0.1, -0.05) is 5.21 Å². The summed E-state index contributed by atoms with van der Waals surface area (Å²) in [4.78, 5) is 6.83. The number of methoxy groups -OCH3 is 1. The van der Waals surface area contributed by atoms with Crippen LogP contribution < -0.4 is 4.74 Å². The van der Waals surface area contributed by atoms with E-state index in [1.165, 1.54) is 0 Å². The lowest BCUT2D eigenvalue weighted by atomic mass is 10.1. The molecule has 2 atom stereocenters. The molecule has 7 heteroatoms. The molecule has 0 aromatic carbocycles. The van der Waals surface area contributed by atoms with Crippen LogP contribution in [0, 0.1) is 13.8 Å². The van der Waals surface area contributed by atoms with Crippen molar-refractivity contribution in [3.05, 3.63) is 34.8 Å². The first-order chi connectivity index (χ1) is 11.9. The molecule has 3 rings (SSSR count). The maximum absolute atomic E-state index is 5.78. The zero-order chi connectivity index (χ0) is 18.0. The van der Waals surface area contributed by atoms with Crippen LogP contribution in [0.15, 0.2) is 12.3 Å². The molecule has 25 heavy (non-hydrogen) atoms. The first-order valence-electron chi connectivity index (χ1n) is 8.72. The van der Waals surface area contributed by atoms with Crippen molar-refractivity contribution in [3.8, 4) is 5.88 Å². The van der Waals surface area contributed by atoms with Gasteiger partial charge >= 0.3 is 0 Å². The van der Waals surface area contributed by atoms with Crippen LogP contribution in [0.25, 0.3) is 0 Å². The van der Waals surface area contributed by atoms with Gasteiger partial charge < -0.3 is 9.47 Å². The van der Waals surface area contributed by atoms with E-state index in [4.69, 9.17) is 9.47 Å². The van der Waals surface area contributed by atoms with E-state index in [9.17, 15) is 0 Å². The molecule has 2 aromatic heterocycles. The van der Waals surface area contributed by atoms with Gasteiger partial charge in [0.1, 0.15) is 0 Å². The topological polar surface area (TPSA) is 65.3 Å². The molecule has 1 saturated heterocycles. The largest absolute Gasteiger partial charge is 0.481 e. The van der Waals surface area contributed by atoms with Crippen molar-refractivity contribution in [2.24, 2.45) is 0 Å². The predicted octanol–water partition coefficient (Wildman–Crippen LogP) is 1.96. The molecular weight excluding hydrogens is 318 g/mol. The van der Waals surface area contributed by atoms with Gasteiger partial charge in [-0.15, -0.1) is 5.10 Å². The van der Waals surface area contributed by atoms with Crippen molar-refractivity contribution in [3.63, 3.8) is 0 Å². The Morgan fingerprint density at radius 1 is 1.20 bits per heavy atom. The van der Waals surface area contributed by atoms with Crippen molar-refractivity contribution in [2.75, 3.05) is 20.2 Å². The summed E-state index contributed by atoms with van der Waals surface area (Å²) < 4.78 is 13.1. The Bertz CT molecular complexity index is 720. The first-order valence-corrected chi connectivity index (χ1v) is 8.72. The Balaban J connectivity index is 1.70. The molecular formula is C18H27N5O2. The molecule has 2 aromatic rings. The van der Waals surface area contributed by atoms with Crippen molar-refractivity contribution < 1.29 is 9.47 Å². The van der Waals surface area contributed by atoms with Gasteiger partial charge in [-0.3, -0.25) is 4.90 Å². The number of pyridine rings is 1. The van der Waals surface area contributed by atoms with Gasteiger partial charge in [0.2, 0.25) is 5.88 Å². The van der Waals surface area contributed by atoms with E-state index < -0.39 is 0 Å². The maximum atomic E-state index is 5.78. The van der Waals surface area contributed by atoms with Gasteiger partial charge in [0, 0.05) is 30.9 Å². The fourth-order valence-electron chi connectivity index (χ4n) is 3.48. The van der Waals surface area contributed by atoms with Gasteiger partial charge in [-0.05, 0) is 39.3 Å². The number of aromatic nitrogens is 4. The summed E-state index contributed by atoms with van der Waals surface area (Å²) >= 11 is 0. The highest BCUT2D eigenvalue weighted by atomic mass is 16.5. The third kappa shape index (κ3) is 4.35. The summed E-state index contributed by atoms with van der Waals surface area (Å²) in [5.41, 5.74) is 4.11. The molecule has 1 fully saturated rings. The molecule has 0 aliphatic carbocycles. The van der Waals surface area contributed by atoms with Crippen molar-refractivity contribution >= 4 is 0 Å². The molecule has 7 nitrogen and oxygen atoms in total. The smallest absolute Gasteiger partial charge is 0.218 e. The Morgan fingerprint density at radius 2 is 1.92 bits per heavy atom. The van der Waals surface area contributed by atoms with E-state index in [0.29, 0.717) is 12.4 Å². The Kier molecular flexibility index (Phi) is 5.34. The van der Waals surface area contributed by atoms with Crippen LogP contribution in [-0.4, -0.2) is 57.3 Å². The summed E-state index contributed by atoms with van der Waals surface area (Å²) in [6.45, 7) is 11.5. The van der Waals surface area contributed by atoms with Gasteiger partial charge in [0.05, 0.1) is 37.8 Å². The predicted molar refractivity (Wildman–Crippen MR) is 94.7 cm³/mol. The minimum Gasteiger partial charge on any atom is -0.481 e. The standard InChI is InChI=1S/C18H27N5O2/c1-12-6-13(2)19-18(24-5)17(12)11-23-10-16(20-21-23)9-22-7-14(3)25-15(4)8-22/h6,10,14-15H,7-9,11H2,1-5H3/t14-,15+. The SMILES string of the molecule is COc1nc(C)cc(C)c1Cn1cc(CN2C[C@@H](C)O[C@@H](C)C2)nn1. The second-order valence-corrected chi connectivity index (χ2v) is 6.93. The third-order valence-corrected chi connectivity index (χ3v) is 4.42. The summed E-state index contributed by atoms with van der Waals surface area (Å²) in [5.74, 6) is 0.658. The fourth-order valence-corrected chi connectivity index (χ4v) is 3.48. The van der Waals surface area contributed by atoms with Crippen molar-refractivity contribution in [1.29, 1.82) is 0 Å². The summed E-state index contributed by atoms with van der Waals surface area (Å²) in [6, 6.07) is 2.06. The van der Waals surface area contributed by atoms with Crippen LogP contribution in [0.2, 0.25) is 0 Å². The van der Waals surface area contributed by atoms with E-state index in [1.807, 2.05) is 17.8 Å². The second kappa shape index (κ2) is 7.49. The van der Waals surface area contributed by atoms with E-state index >= 15 is 0 Å². The van der Waals surface area contributed by atoms with Crippen molar-refractivity contribution in [2.45, 2.75) is 53.0 Å². The maximum Gasteiger partial charge on any atom is 0.218 e. The fraction of sp³-hybridized carbons (Fsp3) is 0.611. The van der Waals surface area contributed by atoms with Crippen LogP contribution in [-0.2, 0) is 17.8 Å². The number of aryl methyl sites for hydroxylation is 2. The lowest BCUT2D eigenvalue weighted by molar-refractivity contribution is -0.0707. The highest BCUT2D eigenvalue weighted by Crippen LogP contribution is 2.21. The summed E-state index contributed by atoms with van der Waals surface area (Å²) in [7, 11) is 1.65. The monoisotopic (exact) mass is 345 g/mol. The minimum atomic E-state index is 0.254. The molecule has 136 valence electrons. The number of rotatable bonds is 5. The summed E-state index contributed by atoms with van der Waals surface area (Å²) in [5, 5.41) is 8.61. The third-order valence-electron chi connectivity index (χ3n) is 4.42. The average molecular weight is 345 g/mol. The summed E-state index contributed by atoms with van der Waals surface area (Å²) in [6.07, 6.45) is 2.51. The highest BCUT2D eigenvalue weighted by Gasteiger charge is 2.23. The lowest BCUT2D eigenvalue weighted by Gasteiger charge is -2.34. The molecule has 0 radical (unpaired) electrons. The second-order valence-electron chi connectivity index (χ2n) is 6.93. The molecule has 0 bridgehead atoms. The van der Waals surface area contributed by atoms with Gasteiger partial charge in [0.15, 0.2) is 0 Å². The Hall–Kier alpha value is -1.99. The zero-order valence-corrected chi connectivity index (χ0v) is 15.7. The molecule has 1 aliphatic heterocycles. The number of hydrogen-bond donors (Lipinski definition) is 0. The normalized spacial score (nSPS) is 21.5. The molecule has 1 aliphatic rings. The zero-order valence-electron chi connectivity index (χ0n) is 15.7. The number of morpholine rings is 1. The average Bonchev–Trinajstić information content (AvgIpc) is 2.95. The van der Waals surface area contributed by atoms with Crippen LogP contribution in [0.3, 0.4) is 0 Å². The highest BCUT2D eigenvalue weighted by molar-refractivity contribution is 5.36. The molecule has 0 unspecified atom stereocenters. The molecule has 0 spiro atoms. The molecule has 3 heterocycles. The van der Waals surface area contributed by atoms with Crippen molar-refractivity contribution in [1.82, 2.24) is 24.9 Å². The van der Waals surface area contributed by atoms with Gasteiger partial charge in [0.25, 0.3) is 0 Å². The van der Waals surface area contributed by atoms with E-state index in [2.05, 4.69) is 47.0 Å². The van der Waals surface area contributed by atoms with Crippen LogP contribution >= 0.6 is 0 Å². The lowest BCUT2D eigenvalue weighted by Crippen LogP contribution is -2.44. The molecule has 0 amide bonds. The number of ether oxygens (including phenoxy) is 2. The Labute approximate surface area is 148 Å². The van der Waals surface area contributed by atoms with E-state index in [1.54, 1.807) is 7.11 Å². The number of nitrogens with zero attached hydrogens (tertiary/aromatic N) is 5. The first kappa shape index (κ1) is 17.8. The van der Waals surface area contributed by atoms with Crippen LogP contribution in [0.4, 0.5) is 0 Å². The van der Waals surface area contributed by atoms with E-state index in [0.717, 1.165) is 42.1 Å². The molecule has 0 saturated carbocycles. The number of hydrogen-bond acceptors (Lipinski definition) is 6. The minimum absolute atomic E-state index is 0.254. The van der Waals surface area contributed by atoms with Gasteiger partial charge in [-0.25, -0.2) is 9.67 Å². The van der Waals surface area contributed by atoms with Gasteiger partial charge in [-0.2, -0.15) is 0 Å².